The molecule has 0 bridgehead atoms. The number of aliphatic hydroxyl groups is 1. The maximum absolute atomic E-state index is 8.69. The van der Waals surface area contributed by atoms with Crippen molar-refractivity contribution < 1.29 is 14.6 Å². The van der Waals surface area contributed by atoms with E-state index < -0.39 is 0 Å². The second-order valence-electron chi connectivity index (χ2n) is 4.55. The Labute approximate surface area is 119 Å². The summed E-state index contributed by atoms with van der Waals surface area (Å²) in [5.74, 6) is 6.54. The van der Waals surface area contributed by atoms with Crippen LogP contribution in [0.1, 0.15) is 30.7 Å². The lowest BCUT2D eigenvalue weighted by atomic mass is 10.2. The van der Waals surface area contributed by atoms with E-state index in [9.17, 15) is 0 Å². The fourth-order valence-electron chi connectivity index (χ4n) is 1.38. The predicted octanol–water partition coefficient (Wildman–Crippen LogP) is 2.67. The van der Waals surface area contributed by atoms with Crippen molar-refractivity contribution in [3.8, 4) is 11.8 Å². The normalized spacial score (nSPS) is 10.5. The maximum atomic E-state index is 8.69. The molecule has 0 aliphatic heterocycles. The molecule has 106 valence electrons. The average molecular weight is 282 g/mol. The lowest BCUT2D eigenvalue weighted by Crippen LogP contribution is -2.08. The monoisotopic (exact) mass is 282 g/mol. The van der Waals surface area contributed by atoms with Gasteiger partial charge in [-0.05, 0) is 17.4 Å². The minimum atomic E-state index is 0.107. The molecule has 1 N–H and O–H groups in total. The largest absolute Gasteiger partial charge is 0.395 e. The van der Waals surface area contributed by atoms with Crippen LogP contribution in [0.4, 0.5) is 0 Å². The minimum absolute atomic E-state index is 0.107. The molecular weight excluding hydrogens is 260 g/mol. The third-order valence-electron chi connectivity index (χ3n) is 2.26. The van der Waals surface area contributed by atoms with Gasteiger partial charge in [-0.3, -0.25) is 0 Å². The van der Waals surface area contributed by atoms with Crippen LogP contribution in [0.15, 0.2) is 11.4 Å². The Morgan fingerprint density at radius 2 is 2.11 bits per heavy atom. The van der Waals surface area contributed by atoms with E-state index in [4.69, 9.17) is 14.6 Å². The third kappa shape index (κ3) is 7.34. The molecule has 0 atom stereocenters. The van der Waals surface area contributed by atoms with E-state index in [0.717, 1.165) is 17.0 Å². The summed E-state index contributed by atoms with van der Waals surface area (Å²) in [6.45, 7) is 6.96. The number of thiophene rings is 1. The average Bonchev–Trinajstić information content (AvgIpc) is 2.81. The molecule has 1 aromatic heterocycles. The highest BCUT2D eigenvalue weighted by atomic mass is 32.1. The summed E-state index contributed by atoms with van der Waals surface area (Å²) in [5.41, 5.74) is 1.00. The van der Waals surface area contributed by atoms with Crippen molar-refractivity contribution in [3.63, 3.8) is 0 Å². The molecule has 0 fully saturated rings. The van der Waals surface area contributed by atoms with Gasteiger partial charge in [0.15, 0.2) is 0 Å². The Bertz CT molecular complexity index is 401. The van der Waals surface area contributed by atoms with Gasteiger partial charge in [0.1, 0.15) is 0 Å². The molecule has 19 heavy (non-hydrogen) atoms. The maximum Gasteiger partial charge on any atom is 0.0823 e. The Morgan fingerprint density at radius 1 is 1.32 bits per heavy atom. The van der Waals surface area contributed by atoms with E-state index >= 15 is 0 Å². The van der Waals surface area contributed by atoms with Crippen LogP contribution in [-0.2, 0) is 16.1 Å². The van der Waals surface area contributed by atoms with Gasteiger partial charge in [0.05, 0.1) is 26.4 Å². The molecule has 0 spiro atoms. The van der Waals surface area contributed by atoms with Crippen LogP contribution < -0.4 is 0 Å². The molecule has 0 amide bonds. The zero-order valence-electron chi connectivity index (χ0n) is 11.6. The first-order valence-corrected chi connectivity index (χ1v) is 7.43. The van der Waals surface area contributed by atoms with Gasteiger partial charge in [-0.1, -0.05) is 25.7 Å². The molecule has 0 saturated heterocycles. The van der Waals surface area contributed by atoms with E-state index in [2.05, 4.69) is 25.7 Å². The summed E-state index contributed by atoms with van der Waals surface area (Å²) in [6.07, 6.45) is 0.513. The second-order valence-corrected chi connectivity index (χ2v) is 5.55. The first kappa shape index (κ1) is 16.2. The zero-order valence-corrected chi connectivity index (χ0v) is 12.5. The Kier molecular flexibility index (Phi) is 8.52. The smallest absolute Gasteiger partial charge is 0.0823 e. The Morgan fingerprint density at radius 3 is 2.84 bits per heavy atom. The highest BCUT2D eigenvalue weighted by Gasteiger charge is 2.02. The lowest BCUT2D eigenvalue weighted by Gasteiger charge is -2.07. The van der Waals surface area contributed by atoms with Gasteiger partial charge in [0.2, 0.25) is 0 Å². The van der Waals surface area contributed by atoms with Crippen LogP contribution in [0.5, 0.6) is 0 Å². The fraction of sp³-hybridized carbons (Fsp3) is 0.600. The van der Waals surface area contributed by atoms with Gasteiger partial charge in [-0.15, -0.1) is 11.3 Å². The standard InChI is InChI=1S/C15H22O3S/c1-13(2)11-17-8-9-18-12-15-14(6-10-19-15)5-3-4-7-16/h6,10,13,16H,4,7-9,11-12H2,1-2H3. The summed E-state index contributed by atoms with van der Waals surface area (Å²) < 4.78 is 11.0. The zero-order chi connectivity index (χ0) is 13.9. The molecule has 1 rings (SSSR count). The highest BCUT2D eigenvalue weighted by Crippen LogP contribution is 2.16. The number of aliphatic hydroxyl groups excluding tert-OH is 1. The third-order valence-corrected chi connectivity index (χ3v) is 3.16. The van der Waals surface area contributed by atoms with E-state index in [1.54, 1.807) is 11.3 Å². The lowest BCUT2D eigenvalue weighted by molar-refractivity contribution is 0.0322. The summed E-state index contributed by atoms with van der Waals surface area (Å²) in [7, 11) is 0. The molecule has 3 nitrogen and oxygen atoms in total. The van der Waals surface area contributed by atoms with Crippen LogP contribution in [-0.4, -0.2) is 31.5 Å². The van der Waals surface area contributed by atoms with Crippen LogP contribution in [0.3, 0.4) is 0 Å². The van der Waals surface area contributed by atoms with Gasteiger partial charge in [0.25, 0.3) is 0 Å². The minimum Gasteiger partial charge on any atom is -0.395 e. The molecule has 4 heteroatoms. The van der Waals surface area contributed by atoms with Gasteiger partial charge in [0, 0.05) is 23.5 Å². The molecular formula is C15H22O3S. The van der Waals surface area contributed by atoms with E-state index in [0.29, 0.717) is 32.2 Å². The highest BCUT2D eigenvalue weighted by molar-refractivity contribution is 7.10. The topological polar surface area (TPSA) is 38.7 Å². The number of hydrogen-bond donors (Lipinski definition) is 1. The molecule has 0 saturated carbocycles. The van der Waals surface area contributed by atoms with Gasteiger partial charge in [-0.2, -0.15) is 0 Å². The van der Waals surface area contributed by atoms with Gasteiger partial charge < -0.3 is 14.6 Å². The van der Waals surface area contributed by atoms with Gasteiger partial charge in [-0.25, -0.2) is 0 Å². The molecule has 0 aliphatic carbocycles. The molecule has 1 heterocycles. The van der Waals surface area contributed by atoms with E-state index in [-0.39, 0.29) is 6.61 Å². The Hall–Kier alpha value is -0.860. The Balaban J connectivity index is 2.23. The van der Waals surface area contributed by atoms with Crippen LogP contribution in [0.2, 0.25) is 0 Å². The van der Waals surface area contributed by atoms with Crippen LogP contribution >= 0.6 is 11.3 Å². The molecule has 0 aliphatic rings. The number of rotatable bonds is 8. The van der Waals surface area contributed by atoms with Crippen molar-refractivity contribution in [3.05, 3.63) is 21.9 Å². The van der Waals surface area contributed by atoms with Gasteiger partial charge >= 0.3 is 0 Å². The fourth-order valence-corrected chi connectivity index (χ4v) is 2.14. The number of hydrogen-bond acceptors (Lipinski definition) is 4. The molecule has 0 aromatic carbocycles. The molecule has 0 unspecified atom stereocenters. The molecule has 0 radical (unpaired) electrons. The van der Waals surface area contributed by atoms with E-state index in [1.807, 2.05) is 11.4 Å². The van der Waals surface area contributed by atoms with Crippen LogP contribution in [0.25, 0.3) is 0 Å². The first-order chi connectivity index (χ1) is 9.24. The van der Waals surface area contributed by atoms with E-state index in [1.165, 1.54) is 0 Å². The summed E-state index contributed by atoms with van der Waals surface area (Å²) >= 11 is 1.65. The van der Waals surface area contributed by atoms with Crippen molar-refractivity contribution in [1.82, 2.24) is 0 Å². The SMILES string of the molecule is CC(C)COCCOCc1sccc1C#CCCO. The first-order valence-electron chi connectivity index (χ1n) is 6.55. The van der Waals surface area contributed by atoms with Crippen LogP contribution in [0, 0.1) is 17.8 Å². The van der Waals surface area contributed by atoms with Crippen molar-refractivity contribution in [2.45, 2.75) is 26.9 Å². The quantitative estimate of drug-likeness (QED) is 0.588. The van der Waals surface area contributed by atoms with Crippen molar-refractivity contribution in [2.75, 3.05) is 26.4 Å². The summed E-state index contributed by atoms with van der Waals surface area (Å²) in [5, 5.41) is 10.7. The van der Waals surface area contributed by atoms with Crippen molar-refractivity contribution >= 4 is 11.3 Å². The second kappa shape index (κ2) is 9.99. The number of ether oxygens (including phenoxy) is 2. The predicted molar refractivity (Wildman–Crippen MR) is 78.2 cm³/mol. The summed E-state index contributed by atoms with van der Waals surface area (Å²) in [4.78, 5) is 1.13. The van der Waals surface area contributed by atoms with Crippen molar-refractivity contribution in [1.29, 1.82) is 0 Å². The van der Waals surface area contributed by atoms with Crippen molar-refractivity contribution in [2.24, 2.45) is 5.92 Å². The molecule has 1 aromatic rings. The summed E-state index contributed by atoms with van der Waals surface area (Å²) in [6, 6.07) is 1.99.